The van der Waals surface area contributed by atoms with Crippen molar-refractivity contribution in [2.75, 3.05) is 19.8 Å². The van der Waals surface area contributed by atoms with E-state index >= 15 is 0 Å². The smallest absolute Gasteiger partial charge is 0.335 e. The van der Waals surface area contributed by atoms with Gasteiger partial charge < -0.3 is 23.1 Å². The molecule has 0 amide bonds. The first-order valence-corrected chi connectivity index (χ1v) is 22.5. The van der Waals surface area contributed by atoms with Crippen LogP contribution in [0.15, 0.2) is 44.6 Å². The van der Waals surface area contributed by atoms with Crippen molar-refractivity contribution < 1.29 is 32.7 Å². The van der Waals surface area contributed by atoms with Gasteiger partial charge in [0.25, 0.3) is 5.56 Å². The zero-order chi connectivity index (χ0) is 35.3. The molecular weight excluding hydrogens is 637 g/mol. The summed E-state index contributed by atoms with van der Waals surface area (Å²) in [5.41, 5.74) is -1.02. The Balaban J connectivity index is 2.00. The molecule has 4 rings (SSSR count). The van der Waals surface area contributed by atoms with Gasteiger partial charge in [-0.2, -0.15) is 0 Å². The number of hydrogen-bond donors (Lipinski definition) is 1. The molecule has 1 N–H and O–H groups in total. The summed E-state index contributed by atoms with van der Waals surface area (Å²) in [4.78, 5) is 54.8. The highest BCUT2D eigenvalue weighted by molar-refractivity contribution is 6.74. The third-order valence-corrected chi connectivity index (χ3v) is 19.9. The number of esters is 2. The monoisotopic (exact) mass is 690 g/mol. The minimum Gasteiger partial charge on any atom is -0.463 e. The number of H-pyrrole nitrogens is 1. The molecule has 0 spiro atoms. The van der Waals surface area contributed by atoms with Crippen LogP contribution in [0.5, 0.6) is 0 Å². The average molecular weight is 691 g/mol. The summed E-state index contributed by atoms with van der Waals surface area (Å²) < 4.78 is 33.8. The largest absolute Gasteiger partial charge is 0.463 e. The molecule has 3 aliphatic rings. The number of rotatable bonds is 10. The van der Waals surface area contributed by atoms with Gasteiger partial charge in [0.15, 0.2) is 16.6 Å². The quantitative estimate of drug-likeness (QED) is 0.189. The van der Waals surface area contributed by atoms with E-state index in [1.807, 2.05) is 6.08 Å². The van der Waals surface area contributed by atoms with Gasteiger partial charge in [0.2, 0.25) is 0 Å². The van der Waals surface area contributed by atoms with Crippen LogP contribution in [0, 0.1) is 11.8 Å². The van der Waals surface area contributed by atoms with E-state index < -0.39 is 69.6 Å². The predicted molar refractivity (Wildman–Crippen MR) is 184 cm³/mol. The number of allylic oxidation sites excluding steroid dienone is 1. The van der Waals surface area contributed by atoms with Crippen LogP contribution < -0.4 is 11.2 Å². The third-order valence-electron chi connectivity index (χ3n) is 10.9. The van der Waals surface area contributed by atoms with E-state index in [2.05, 4.69) is 72.7 Å². The molecule has 2 fully saturated rings. The second-order valence-corrected chi connectivity index (χ2v) is 25.5. The zero-order valence-corrected chi connectivity index (χ0v) is 32.2. The Bertz CT molecular complexity index is 1560. The van der Waals surface area contributed by atoms with Crippen LogP contribution in [0.1, 0.15) is 74.5 Å². The fraction of sp³-hybridized carbons (Fsp3) is 0.706. The van der Waals surface area contributed by atoms with E-state index in [1.54, 1.807) is 13.8 Å². The molecule has 0 aromatic carbocycles. The lowest BCUT2D eigenvalue weighted by Crippen LogP contribution is -2.60. The van der Waals surface area contributed by atoms with E-state index in [0.29, 0.717) is 6.42 Å². The number of nitrogens with one attached hydrogen (secondary N) is 1. The second kappa shape index (κ2) is 13.0. The van der Waals surface area contributed by atoms with E-state index in [9.17, 15) is 19.2 Å². The summed E-state index contributed by atoms with van der Waals surface area (Å²) in [6.07, 6.45) is 2.49. The Kier molecular flexibility index (Phi) is 10.3. The van der Waals surface area contributed by atoms with Crippen LogP contribution >= 0.6 is 0 Å². The maximum atomic E-state index is 13.7. The molecule has 1 saturated carbocycles. The first kappa shape index (κ1) is 37.2. The van der Waals surface area contributed by atoms with E-state index in [1.165, 1.54) is 16.8 Å². The minimum absolute atomic E-state index is 0.116. The molecule has 2 aliphatic carbocycles. The summed E-state index contributed by atoms with van der Waals surface area (Å²) in [6, 6.07) is 1.30. The molecular formula is C34H54N2O9Si2. The fourth-order valence-electron chi connectivity index (χ4n) is 6.31. The van der Waals surface area contributed by atoms with Crippen LogP contribution in [0.2, 0.25) is 36.3 Å². The number of hydrogen-bond acceptors (Lipinski definition) is 9. The van der Waals surface area contributed by atoms with Crippen LogP contribution in [-0.4, -0.2) is 69.7 Å². The first-order valence-electron chi connectivity index (χ1n) is 16.7. The predicted octanol–water partition coefficient (Wildman–Crippen LogP) is 5.61. The summed E-state index contributed by atoms with van der Waals surface area (Å²) in [6.45, 7) is 25.6. The number of carbonyl (C=O) groups is 2. The van der Waals surface area contributed by atoms with Crippen LogP contribution in [0.4, 0.5) is 0 Å². The molecule has 11 nitrogen and oxygen atoms in total. The number of nitrogens with zero attached hydrogens (tertiary/aromatic N) is 1. The molecule has 2 heterocycles. The van der Waals surface area contributed by atoms with Crippen molar-refractivity contribution in [3.8, 4) is 0 Å². The summed E-state index contributed by atoms with van der Waals surface area (Å²) in [5, 5.41) is -0.266. The Morgan fingerprint density at radius 3 is 2.13 bits per heavy atom. The van der Waals surface area contributed by atoms with Gasteiger partial charge in [-0.1, -0.05) is 47.6 Å². The lowest BCUT2D eigenvalue weighted by atomic mass is 9.63. The Morgan fingerprint density at radius 1 is 0.979 bits per heavy atom. The van der Waals surface area contributed by atoms with Crippen LogP contribution in [0.25, 0.3) is 0 Å². The van der Waals surface area contributed by atoms with Crippen LogP contribution in [0.3, 0.4) is 0 Å². The molecule has 2 bridgehead atoms. The number of carbonyl (C=O) groups excluding carboxylic acids is 2. The Labute approximate surface area is 280 Å². The summed E-state index contributed by atoms with van der Waals surface area (Å²) in [7, 11) is -4.85. The highest BCUT2D eigenvalue weighted by Gasteiger charge is 2.66. The van der Waals surface area contributed by atoms with Gasteiger partial charge in [-0.05, 0) is 68.5 Å². The molecule has 1 aromatic rings. The lowest BCUT2D eigenvalue weighted by Gasteiger charge is -2.51. The van der Waals surface area contributed by atoms with Gasteiger partial charge >= 0.3 is 17.6 Å². The van der Waals surface area contributed by atoms with Crippen molar-refractivity contribution in [1.29, 1.82) is 0 Å². The van der Waals surface area contributed by atoms with Gasteiger partial charge in [0.1, 0.15) is 11.8 Å². The topological polar surface area (TPSA) is 135 Å². The van der Waals surface area contributed by atoms with Crippen molar-refractivity contribution in [1.82, 2.24) is 9.55 Å². The normalized spacial score (nSPS) is 26.5. The maximum absolute atomic E-state index is 13.7. The number of aromatic nitrogens is 2. The molecule has 0 radical (unpaired) electrons. The van der Waals surface area contributed by atoms with E-state index in [-0.39, 0.29) is 47.5 Å². The van der Waals surface area contributed by atoms with Crippen molar-refractivity contribution in [2.45, 2.75) is 122 Å². The van der Waals surface area contributed by atoms with Crippen LogP contribution in [-0.2, 0) is 32.7 Å². The standard InChI is InChI=1S/C34H54N2O9Si2/c1-13-41-29(38)21-15-16-24-22(26(21)30(39)42-14-2)19-23-27(45-47(11,12)33(6,7)8)34(24,20-43-46(9,10)32(3,4)5)44-28(23)36-18-17-25(37)35-31(36)40/h16-18,22-23,27-28H,13-15,19-20H2,1-12H3,(H,35,37,40)/t22-,23+,27-,28+,34-/m0/s1. The Morgan fingerprint density at radius 2 is 1.57 bits per heavy atom. The number of fused-ring (bicyclic) bond motifs is 4. The molecule has 0 unspecified atom stereocenters. The fourth-order valence-corrected chi connectivity index (χ4v) is 8.67. The van der Waals surface area contributed by atoms with E-state index in [4.69, 9.17) is 23.1 Å². The lowest BCUT2D eigenvalue weighted by molar-refractivity contribution is -0.143. The molecule has 1 saturated heterocycles. The van der Waals surface area contributed by atoms with Gasteiger partial charge in [0, 0.05) is 24.1 Å². The molecule has 262 valence electrons. The van der Waals surface area contributed by atoms with E-state index in [0.717, 1.165) is 5.57 Å². The summed E-state index contributed by atoms with van der Waals surface area (Å²) >= 11 is 0. The van der Waals surface area contributed by atoms with Crippen molar-refractivity contribution in [2.24, 2.45) is 11.8 Å². The summed E-state index contributed by atoms with van der Waals surface area (Å²) in [5.74, 6) is -2.16. The minimum atomic E-state index is -2.47. The maximum Gasteiger partial charge on any atom is 0.335 e. The zero-order valence-electron chi connectivity index (χ0n) is 30.2. The molecule has 13 heteroatoms. The SMILES string of the molecule is CCOC(=O)C1=C(C(=O)OCC)[C@H]2C[C@H]3[C@H](n4ccc(=O)[nH]c4=O)O[C@@](CO[Si](C)(C)C(C)(C)C)(C2=CC1)[C@H]3O[Si](C)(C)C(C)(C)C. The van der Waals surface area contributed by atoms with Gasteiger partial charge in [-0.15, -0.1) is 0 Å². The van der Waals surface area contributed by atoms with Crippen molar-refractivity contribution >= 4 is 28.6 Å². The van der Waals surface area contributed by atoms with Gasteiger partial charge in [0.05, 0.1) is 37.1 Å². The average Bonchev–Trinajstić information content (AvgIpc) is 3.14. The third kappa shape index (κ3) is 6.83. The molecule has 5 atom stereocenters. The highest BCUT2D eigenvalue weighted by atomic mass is 28.4. The Hall–Kier alpha value is -2.59. The number of aromatic amines is 1. The second-order valence-electron chi connectivity index (χ2n) is 15.9. The van der Waals surface area contributed by atoms with Gasteiger partial charge in [-0.25, -0.2) is 14.4 Å². The highest BCUT2D eigenvalue weighted by Crippen LogP contribution is 2.60. The van der Waals surface area contributed by atoms with Crippen molar-refractivity contribution in [3.05, 3.63) is 55.9 Å². The number of ether oxygens (including phenoxy) is 3. The molecule has 1 aromatic heterocycles. The van der Waals surface area contributed by atoms with Crippen molar-refractivity contribution in [3.63, 3.8) is 0 Å². The first-order chi connectivity index (χ1) is 21.6. The van der Waals surface area contributed by atoms with Gasteiger partial charge in [-0.3, -0.25) is 14.3 Å². The molecule has 47 heavy (non-hydrogen) atoms. The molecule has 1 aliphatic heterocycles.